The topological polar surface area (TPSA) is 29.3 Å². The summed E-state index contributed by atoms with van der Waals surface area (Å²) < 4.78 is 0. The SMILES string of the molecule is CCc1ccccc1C(CN)N1CCC(C)C(C)C1. The monoisotopic (exact) mass is 260 g/mol. The predicted octanol–water partition coefficient (Wildman–Crippen LogP) is 3.23. The molecule has 0 radical (unpaired) electrons. The van der Waals surface area contributed by atoms with Crippen molar-refractivity contribution in [1.82, 2.24) is 4.90 Å². The van der Waals surface area contributed by atoms with Gasteiger partial charge in [-0.15, -0.1) is 0 Å². The fourth-order valence-corrected chi connectivity index (χ4v) is 3.23. The highest BCUT2D eigenvalue weighted by Gasteiger charge is 2.28. The zero-order chi connectivity index (χ0) is 13.8. The number of hydrogen-bond donors (Lipinski definition) is 1. The van der Waals surface area contributed by atoms with E-state index in [0.29, 0.717) is 6.04 Å². The molecule has 1 fully saturated rings. The number of hydrogen-bond acceptors (Lipinski definition) is 2. The molecule has 2 nitrogen and oxygen atoms in total. The molecular weight excluding hydrogens is 232 g/mol. The summed E-state index contributed by atoms with van der Waals surface area (Å²) in [6.45, 7) is 10.1. The first-order valence-corrected chi connectivity index (χ1v) is 7.69. The molecule has 0 spiro atoms. The Balaban J connectivity index is 2.20. The van der Waals surface area contributed by atoms with Crippen LogP contribution in [0.5, 0.6) is 0 Å². The van der Waals surface area contributed by atoms with Crippen LogP contribution >= 0.6 is 0 Å². The highest BCUT2D eigenvalue weighted by atomic mass is 15.2. The molecule has 0 amide bonds. The lowest BCUT2D eigenvalue weighted by molar-refractivity contribution is 0.0979. The minimum absolute atomic E-state index is 0.395. The van der Waals surface area contributed by atoms with Gasteiger partial charge in [0.15, 0.2) is 0 Å². The van der Waals surface area contributed by atoms with Crippen molar-refractivity contribution < 1.29 is 0 Å². The van der Waals surface area contributed by atoms with Crippen molar-refractivity contribution in [3.63, 3.8) is 0 Å². The summed E-state index contributed by atoms with van der Waals surface area (Å²) in [5, 5.41) is 0. The zero-order valence-corrected chi connectivity index (χ0v) is 12.6. The number of piperidine rings is 1. The first-order chi connectivity index (χ1) is 9.17. The molecular formula is C17H28N2. The standard InChI is InChI=1S/C17H28N2/c1-4-15-7-5-6-8-16(15)17(11-18)19-10-9-13(2)14(3)12-19/h5-8,13-14,17H,4,9-12,18H2,1-3H3. The molecule has 106 valence electrons. The second-order valence-electron chi connectivity index (χ2n) is 6.04. The third kappa shape index (κ3) is 3.18. The van der Waals surface area contributed by atoms with Gasteiger partial charge in [0, 0.05) is 19.1 Å². The van der Waals surface area contributed by atoms with Gasteiger partial charge in [-0.25, -0.2) is 0 Å². The number of nitrogens with two attached hydrogens (primary N) is 1. The average molecular weight is 260 g/mol. The molecule has 0 bridgehead atoms. The summed E-state index contributed by atoms with van der Waals surface area (Å²) in [5.74, 6) is 1.62. The predicted molar refractivity (Wildman–Crippen MR) is 82.1 cm³/mol. The summed E-state index contributed by atoms with van der Waals surface area (Å²) in [5.41, 5.74) is 8.99. The van der Waals surface area contributed by atoms with E-state index in [9.17, 15) is 0 Å². The molecule has 2 N–H and O–H groups in total. The van der Waals surface area contributed by atoms with Crippen molar-refractivity contribution in [3.05, 3.63) is 35.4 Å². The second kappa shape index (κ2) is 6.53. The highest BCUT2D eigenvalue weighted by molar-refractivity contribution is 5.30. The maximum Gasteiger partial charge on any atom is 0.0473 e. The van der Waals surface area contributed by atoms with Crippen LogP contribution in [-0.4, -0.2) is 24.5 Å². The Labute approximate surface area is 118 Å². The third-order valence-electron chi connectivity index (χ3n) is 4.82. The normalized spacial score (nSPS) is 26.3. The Hall–Kier alpha value is -0.860. The Kier molecular flexibility index (Phi) is 5.00. The minimum atomic E-state index is 0.395. The number of nitrogens with zero attached hydrogens (tertiary/aromatic N) is 1. The van der Waals surface area contributed by atoms with Crippen LogP contribution in [0.3, 0.4) is 0 Å². The lowest BCUT2D eigenvalue weighted by Gasteiger charge is -2.40. The van der Waals surface area contributed by atoms with E-state index < -0.39 is 0 Å². The van der Waals surface area contributed by atoms with Crippen LogP contribution in [0.4, 0.5) is 0 Å². The van der Waals surface area contributed by atoms with Gasteiger partial charge in [-0.2, -0.15) is 0 Å². The molecule has 1 saturated heterocycles. The summed E-state index contributed by atoms with van der Waals surface area (Å²) >= 11 is 0. The first kappa shape index (κ1) is 14.5. The van der Waals surface area contributed by atoms with Crippen molar-refractivity contribution in [2.24, 2.45) is 17.6 Å². The quantitative estimate of drug-likeness (QED) is 0.900. The van der Waals surface area contributed by atoms with Crippen molar-refractivity contribution in [3.8, 4) is 0 Å². The third-order valence-corrected chi connectivity index (χ3v) is 4.82. The summed E-state index contributed by atoms with van der Waals surface area (Å²) in [6.07, 6.45) is 2.39. The van der Waals surface area contributed by atoms with Crippen LogP contribution in [0.2, 0.25) is 0 Å². The van der Waals surface area contributed by atoms with E-state index in [2.05, 4.69) is 49.9 Å². The molecule has 0 aliphatic carbocycles. The Morgan fingerprint density at radius 2 is 2.00 bits per heavy atom. The van der Waals surface area contributed by atoms with Crippen LogP contribution in [0.1, 0.15) is 44.4 Å². The van der Waals surface area contributed by atoms with Crippen LogP contribution in [0, 0.1) is 11.8 Å². The van der Waals surface area contributed by atoms with E-state index in [-0.39, 0.29) is 0 Å². The molecule has 1 heterocycles. The van der Waals surface area contributed by atoms with Crippen molar-refractivity contribution >= 4 is 0 Å². The van der Waals surface area contributed by atoms with E-state index >= 15 is 0 Å². The Bertz CT molecular complexity index is 402. The minimum Gasteiger partial charge on any atom is -0.329 e. The average Bonchev–Trinajstić information content (AvgIpc) is 2.44. The lowest BCUT2D eigenvalue weighted by atomic mass is 9.86. The molecule has 2 rings (SSSR count). The van der Waals surface area contributed by atoms with Gasteiger partial charge in [0.2, 0.25) is 0 Å². The fourth-order valence-electron chi connectivity index (χ4n) is 3.23. The highest BCUT2D eigenvalue weighted by Crippen LogP contribution is 2.30. The Morgan fingerprint density at radius 3 is 2.63 bits per heavy atom. The van der Waals surface area contributed by atoms with Gasteiger partial charge < -0.3 is 5.73 Å². The van der Waals surface area contributed by atoms with Gasteiger partial charge in [0.05, 0.1) is 0 Å². The van der Waals surface area contributed by atoms with Gasteiger partial charge in [-0.3, -0.25) is 4.90 Å². The van der Waals surface area contributed by atoms with Crippen LogP contribution in [0.15, 0.2) is 24.3 Å². The molecule has 0 aromatic heterocycles. The van der Waals surface area contributed by atoms with Crippen molar-refractivity contribution in [2.45, 2.75) is 39.7 Å². The zero-order valence-electron chi connectivity index (χ0n) is 12.6. The molecule has 3 unspecified atom stereocenters. The number of aryl methyl sites for hydroxylation is 1. The van der Waals surface area contributed by atoms with E-state index in [1.54, 1.807) is 0 Å². The van der Waals surface area contributed by atoms with Gasteiger partial charge >= 0.3 is 0 Å². The molecule has 3 atom stereocenters. The van der Waals surface area contributed by atoms with E-state index in [1.165, 1.54) is 30.6 Å². The van der Waals surface area contributed by atoms with Crippen molar-refractivity contribution in [2.75, 3.05) is 19.6 Å². The largest absolute Gasteiger partial charge is 0.329 e. The molecule has 1 aliphatic rings. The first-order valence-electron chi connectivity index (χ1n) is 7.69. The van der Waals surface area contributed by atoms with Gasteiger partial charge in [-0.05, 0) is 42.3 Å². The van der Waals surface area contributed by atoms with Crippen molar-refractivity contribution in [1.29, 1.82) is 0 Å². The number of likely N-dealkylation sites (tertiary alicyclic amines) is 1. The summed E-state index contributed by atoms with van der Waals surface area (Å²) in [4.78, 5) is 2.60. The molecule has 1 aromatic rings. The lowest BCUT2D eigenvalue weighted by Crippen LogP contribution is -2.43. The number of benzene rings is 1. The summed E-state index contributed by atoms with van der Waals surface area (Å²) in [7, 11) is 0. The van der Waals surface area contributed by atoms with E-state index in [4.69, 9.17) is 5.73 Å². The molecule has 2 heteroatoms. The van der Waals surface area contributed by atoms with Gasteiger partial charge in [0.1, 0.15) is 0 Å². The van der Waals surface area contributed by atoms with E-state index in [0.717, 1.165) is 24.8 Å². The van der Waals surface area contributed by atoms with E-state index in [1.807, 2.05) is 0 Å². The second-order valence-corrected chi connectivity index (χ2v) is 6.04. The van der Waals surface area contributed by atoms with Crippen LogP contribution < -0.4 is 5.73 Å². The van der Waals surface area contributed by atoms with Gasteiger partial charge in [0.25, 0.3) is 0 Å². The summed E-state index contributed by atoms with van der Waals surface area (Å²) in [6, 6.07) is 9.18. The smallest absolute Gasteiger partial charge is 0.0473 e. The molecule has 1 aromatic carbocycles. The number of rotatable bonds is 4. The Morgan fingerprint density at radius 1 is 1.26 bits per heavy atom. The molecule has 0 saturated carbocycles. The maximum atomic E-state index is 6.10. The van der Waals surface area contributed by atoms with Gasteiger partial charge in [-0.1, -0.05) is 45.0 Å². The fraction of sp³-hybridized carbons (Fsp3) is 0.647. The maximum absolute atomic E-state index is 6.10. The van der Waals surface area contributed by atoms with Crippen LogP contribution in [-0.2, 0) is 6.42 Å². The molecule has 1 aliphatic heterocycles. The van der Waals surface area contributed by atoms with Crippen LogP contribution in [0.25, 0.3) is 0 Å². The molecule has 19 heavy (non-hydrogen) atoms.